The molecule has 0 aromatic heterocycles. The second-order valence-corrected chi connectivity index (χ2v) is 20.1. The van der Waals surface area contributed by atoms with Crippen LogP contribution in [0.25, 0.3) is 0 Å². The molecule has 0 saturated carbocycles. The monoisotopic (exact) mass is 727 g/mol. The Morgan fingerprint density at radius 3 is 2.15 bits per heavy atom. The average molecular weight is 727 g/mol. The maximum atomic E-state index is 2.88. The number of rotatable bonds is 5. The Bertz CT molecular complexity index is 2070. The predicted octanol–water partition coefficient (Wildman–Crippen LogP) is 13.8. The van der Waals surface area contributed by atoms with Crippen LogP contribution in [0.4, 0.5) is 5.69 Å². The summed E-state index contributed by atoms with van der Waals surface area (Å²) in [7, 11) is 0. The molecule has 0 fully saturated rings. The molecule has 9 rings (SSSR count). The number of benzene rings is 2. The molecule has 7 aliphatic rings. The van der Waals surface area contributed by atoms with E-state index in [4.69, 9.17) is 0 Å². The molecule has 5 atom stereocenters. The zero-order chi connectivity index (χ0) is 38.1. The van der Waals surface area contributed by atoms with E-state index in [1.165, 1.54) is 48.3 Å². The van der Waals surface area contributed by atoms with Gasteiger partial charge in [0.25, 0.3) is 0 Å². The second-order valence-electron chi connectivity index (χ2n) is 20.1. The van der Waals surface area contributed by atoms with Crippen LogP contribution in [0.3, 0.4) is 0 Å². The number of allylic oxidation sites excluding steroid dienone is 15. The van der Waals surface area contributed by atoms with Crippen molar-refractivity contribution in [2.24, 2.45) is 28.6 Å². The van der Waals surface area contributed by atoms with Gasteiger partial charge in [0.15, 0.2) is 0 Å². The lowest BCUT2D eigenvalue weighted by atomic mass is 9.27. The third-order valence-electron chi connectivity index (χ3n) is 15.1. The largest absolute Gasteiger partial charge is 0.320 e. The lowest BCUT2D eigenvalue weighted by Gasteiger charge is -2.56. The Labute approximate surface area is 333 Å². The van der Waals surface area contributed by atoms with E-state index in [0.29, 0.717) is 29.8 Å². The molecular weight excluding hydrogens is 663 g/mol. The van der Waals surface area contributed by atoms with Crippen LogP contribution in [0.5, 0.6) is 0 Å². The Morgan fingerprint density at radius 2 is 1.47 bits per heavy atom. The minimum Gasteiger partial charge on any atom is -0.320 e. The number of nitrogens with zero attached hydrogens (tertiary/aromatic N) is 2. The smallest absolute Gasteiger partial charge is 0.225 e. The Morgan fingerprint density at radius 1 is 0.709 bits per heavy atom. The molecule has 0 saturated heterocycles. The van der Waals surface area contributed by atoms with Gasteiger partial charge in [-0.25, -0.2) is 0 Å². The Balaban J connectivity index is 1.32. The van der Waals surface area contributed by atoms with Crippen molar-refractivity contribution in [1.82, 2.24) is 4.90 Å². The molecule has 2 heterocycles. The molecule has 0 spiro atoms. The average Bonchev–Trinajstić information content (AvgIpc) is 3.20. The summed E-state index contributed by atoms with van der Waals surface area (Å²) in [6, 6.07) is 23.0. The summed E-state index contributed by atoms with van der Waals surface area (Å²) in [5.74, 6) is 2.05. The zero-order valence-electron chi connectivity index (χ0n) is 34.7. The first-order valence-electron chi connectivity index (χ1n) is 21.8. The number of anilines is 1. The van der Waals surface area contributed by atoms with Gasteiger partial charge in [0.05, 0.1) is 0 Å². The first-order chi connectivity index (χ1) is 26.4. The highest BCUT2D eigenvalue weighted by Crippen LogP contribution is 2.60. The molecule has 2 aromatic rings. The maximum Gasteiger partial charge on any atom is 0.225 e. The first-order valence-corrected chi connectivity index (χ1v) is 21.8. The van der Waals surface area contributed by atoms with E-state index in [-0.39, 0.29) is 10.8 Å². The van der Waals surface area contributed by atoms with Crippen LogP contribution >= 0.6 is 0 Å². The van der Waals surface area contributed by atoms with Crippen LogP contribution in [-0.2, 0) is 5.41 Å². The van der Waals surface area contributed by atoms with Gasteiger partial charge in [-0.1, -0.05) is 151 Å². The van der Waals surface area contributed by atoms with Gasteiger partial charge in [-0.05, 0) is 128 Å². The van der Waals surface area contributed by atoms with Gasteiger partial charge in [0, 0.05) is 39.6 Å². The van der Waals surface area contributed by atoms with Crippen molar-refractivity contribution in [2.45, 2.75) is 124 Å². The van der Waals surface area contributed by atoms with Gasteiger partial charge in [0.2, 0.25) is 6.71 Å². The maximum absolute atomic E-state index is 2.88. The van der Waals surface area contributed by atoms with Crippen LogP contribution < -0.4 is 4.90 Å². The van der Waals surface area contributed by atoms with Crippen LogP contribution in [0.2, 0.25) is 5.82 Å². The molecule has 55 heavy (non-hydrogen) atoms. The van der Waals surface area contributed by atoms with Gasteiger partial charge < -0.3 is 9.80 Å². The van der Waals surface area contributed by atoms with Crippen molar-refractivity contribution in [1.29, 1.82) is 0 Å². The zero-order valence-corrected chi connectivity index (χ0v) is 34.7. The van der Waals surface area contributed by atoms with E-state index >= 15 is 0 Å². The van der Waals surface area contributed by atoms with Crippen LogP contribution in [0, 0.1) is 28.6 Å². The van der Waals surface area contributed by atoms with Gasteiger partial charge in [0.1, 0.15) is 0 Å². The van der Waals surface area contributed by atoms with Crippen molar-refractivity contribution < 1.29 is 0 Å². The van der Waals surface area contributed by atoms with Gasteiger partial charge in [-0.2, -0.15) is 0 Å². The van der Waals surface area contributed by atoms with Crippen LogP contribution in [-0.4, -0.2) is 11.6 Å². The lowest BCUT2D eigenvalue weighted by Crippen LogP contribution is -2.52. The van der Waals surface area contributed by atoms with E-state index in [1.807, 2.05) is 0 Å². The molecule has 3 heteroatoms. The van der Waals surface area contributed by atoms with Crippen molar-refractivity contribution >= 4 is 12.4 Å². The Hall–Kier alpha value is -3.98. The van der Waals surface area contributed by atoms with Crippen LogP contribution in [0.15, 0.2) is 154 Å². The van der Waals surface area contributed by atoms with Gasteiger partial charge in [-0.15, -0.1) is 0 Å². The van der Waals surface area contributed by atoms with Crippen LogP contribution in [0.1, 0.15) is 118 Å². The molecule has 0 bridgehead atoms. The fraction of sp³-hybridized carbons (Fsp3) is 0.462. The SMILES string of the molecule is CC(C)(C)C1=CC2=C(CC1)N(C1=CCC(C(C)(C)C)CC1)C1=CC(C(C)(c3ccccc3)C3CC=CCC3)CC3=C1B2C1CC=CC=C1N3c1ccccc1. The highest BCUT2D eigenvalue weighted by Gasteiger charge is 2.54. The summed E-state index contributed by atoms with van der Waals surface area (Å²) in [5.41, 5.74) is 15.8. The van der Waals surface area contributed by atoms with Gasteiger partial charge in [-0.3, -0.25) is 0 Å². The number of hydrogen-bond donors (Lipinski definition) is 0. The molecule has 2 aliphatic heterocycles. The summed E-state index contributed by atoms with van der Waals surface area (Å²) in [4.78, 5) is 5.63. The van der Waals surface area contributed by atoms with E-state index in [1.54, 1.807) is 33.6 Å². The first kappa shape index (κ1) is 36.7. The van der Waals surface area contributed by atoms with Gasteiger partial charge >= 0.3 is 0 Å². The fourth-order valence-corrected chi connectivity index (χ4v) is 11.7. The molecule has 284 valence electrons. The highest BCUT2D eigenvalue weighted by molar-refractivity contribution is 6.79. The highest BCUT2D eigenvalue weighted by atomic mass is 15.2. The molecule has 5 unspecified atom stereocenters. The molecule has 0 amide bonds. The second kappa shape index (κ2) is 13.9. The van der Waals surface area contributed by atoms with Crippen molar-refractivity contribution in [3.05, 3.63) is 160 Å². The molecule has 2 aromatic carbocycles. The van der Waals surface area contributed by atoms with Crippen molar-refractivity contribution in [3.63, 3.8) is 0 Å². The normalized spacial score (nSPS) is 27.7. The topological polar surface area (TPSA) is 6.48 Å². The minimum absolute atomic E-state index is 0.0163. The summed E-state index contributed by atoms with van der Waals surface area (Å²) < 4.78 is 0. The van der Waals surface area contributed by atoms with E-state index in [2.05, 4.69) is 168 Å². The number of para-hydroxylation sites is 1. The lowest BCUT2D eigenvalue weighted by molar-refractivity contribution is 0.198. The third kappa shape index (κ3) is 6.24. The summed E-state index contributed by atoms with van der Waals surface area (Å²) >= 11 is 0. The minimum atomic E-state index is -0.0163. The third-order valence-corrected chi connectivity index (χ3v) is 15.1. The van der Waals surface area contributed by atoms with Crippen molar-refractivity contribution in [2.75, 3.05) is 4.90 Å². The molecule has 2 nitrogen and oxygen atoms in total. The standard InChI is InChI=1S/C52H63BN2/c1-50(2,3)36-27-30-42(31-28-36)55-46-32-29-39(51(4,5)6)33-44(46)53-43-25-17-18-26-45(43)54(41-23-15-10-16-24-41)47-34-40(35-48(55)49(47)53)52(7,37-19-11-8-12-20-37)38-21-13-9-14-22-38/h8-13,15-20,23-24,26,30,33,35-36,38,40,43H,14,21-22,25,27-29,31-32,34H2,1-7H3. The van der Waals surface area contributed by atoms with E-state index < -0.39 is 0 Å². The Kier molecular flexibility index (Phi) is 9.26. The predicted molar refractivity (Wildman–Crippen MR) is 234 cm³/mol. The quantitative estimate of drug-likeness (QED) is 0.224. The summed E-state index contributed by atoms with van der Waals surface area (Å²) in [6.07, 6.45) is 31.9. The summed E-state index contributed by atoms with van der Waals surface area (Å²) in [5, 5.41) is 0. The number of fused-ring (bicyclic) bond motifs is 3. The molecule has 5 aliphatic carbocycles. The van der Waals surface area contributed by atoms with E-state index in [0.717, 1.165) is 44.4 Å². The summed E-state index contributed by atoms with van der Waals surface area (Å²) in [6.45, 7) is 17.6. The fourth-order valence-electron chi connectivity index (χ4n) is 11.7. The number of hydrogen-bond acceptors (Lipinski definition) is 2. The molecule has 0 N–H and O–H groups in total. The molecule has 0 radical (unpaired) electrons. The van der Waals surface area contributed by atoms with Crippen molar-refractivity contribution in [3.8, 4) is 0 Å². The van der Waals surface area contributed by atoms with E-state index in [9.17, 15) is 0 Å². The molecular formula is C52H63BN2.